The number of nitrogens with zero attached hydrogens (tertiary/aromatic N) is 1. The molecule has 10 nitrogen and oxygen atoms in total. The number of phenolic OH excluding ortho intramolecular Hbond substituents is 1. The maximum atomic E-state index is 13.9. The quantitative estimate of drug-likeness (QED) is 0.337. The predicted octanol–water partition coefficient (Wildman–Crippen LogP) is 3.68. The van der Waals surface area contributed by atoms with Crippen molar-refractivity contribution < 1.29 is 33.8 Å². The van der Waals surface area contributed by atoms with Crippen molar-refractivity contribution >= 4 is 23.9 Å². The van der Waals surface area contributed by atoms with E-state index in [2.05, 4.69) is 10.6 Å². The van der Waals surface area contributed by atoms with Gasteiger partial charge in [-0.3, -0.25) is 14.4 Å². The molecule has 10 heteroatoms. The fourth-order valence-electron chi connectivity index (χ4n) is 3.70. The second kappa shape index (κ2) is 15.1. The van der Waals surface area contributed by atoms with Gasteiger partial charge in [-0.05, 0) is 64.2 Å². The zero-order valence-electron chi connectivity index (χ0n) is 23.1. The number of amides is 3. The summed E-state index contributed by atoms with van der Waals surface area (Å²) in [5.74, 6) is -1.28. The average molecular weight is 522 g/mol. The minimum atomic E-state index is -1.05. The van der Waals surface area contributed by atoms with Crippen LogP contribution in [-0.4, -0.2) is 65.2 Å². The van der Waals surface area contributed by atoms with Crippen molar-refractivity contribution in [1.29, 1.82) is 0 Å². The van der Waals surface area contributed by atoms with Gasteiger partial charge in [-0.15, -0.1) is 0 Å². The number of hydrogen-bond donors (Lipinski definition) is 3. The molecule has 2 atom stereocenters. The molecular formula is C27H43N3O7. The first-order valence-corrected chi connectivity index (χ1v) is 12.8. The first-order valence-electron chi connectivity index (χ1n) is 12.8. The highest BCUT2D eigenvalue weighted by molar-refractivity contribution is 5.92. The Kier molecular flexibility index (Phi) is 12.9. The van der Waals surface area contributed by atoms with Gasteiger partial charge in [0.1, 0.15) is 23.4 Å². The maximum Gasteiger partial charge on any atom is 0.408 e. The van der Waals surface area contributed by atoms with E-state index in [9.17, 15) is 24.3 Å². The zero-order chi connectivity index (χ0) is 28.2. The van der Waals surface area contributed by atoms with E-state index in [1.807, 2.05) is 20.8 Å². The number of hydrogen-bond acceptors (Lipinski definition) is 7. The second-order valence-electron chi connectivity index (χ2n) is 10.2. The third-order valence-corrected chi connectivity index (χ3v) is 5.15. The lowest BCUT2D eigenvalue weighted by atomic mass is 9.99. The molecule has 3 amide bonds. The molecule has 0 fully saturated rings. The number of benzene rings is 1. The minimum absolute atomic E-state index is 0.0141. The Hall–Kier alpha value is -3.30. The van der Waals surface area contributed by atoms with E-state index in [0.29, 0.717) is 18.4 Å². The van der Waals surface area contributed by atoms with Crippen molar-refractivity contribution in [3.8, 4) is 5.75 Å². The molecule has 0 spiro atoms. The summed E-state index contributed by atoms with van der Waals surface area (Å²) in [5.41, 5.74) is -0.264. The molecule has 1 rings (SSSR count). The Morgan fingerprint density at radius 3 is 2.19 bits per heavy atom. The number of alkyl carbamates (subject to hydrolysis) is 1. The number of carbonyl (C=O) groups is 4. The Bertz CT molecular complexity index is 894. The third kappa shape index (κ3) is 11.5. The lowest BCUT2D eigenvalue weighted by Crippen LogP contribution is -2.53. The number of esters is 1. The summed E-state index contributed by atoms with van der Waals surface area (Å²) in [6.45, 7) is 13.2. The van der Waals surface area contributed by atoms with Gasteiger partial charge in [0.15, 0.2) is 0 Å². The minimum Gasteiger partial charge on any atom is -0.508 e. The lowest BCUT2D eigenvalue weighted by molar-refractivity contribution is -0.144. The van der Waals surface area contributed by atoms with Gasteiger partial charge >= 0.3 is 12.1 Å². The van der Waals surface area contributed by atoms with Crippen LogP contribution in [0.5, 0.6) is 5.75 Å². The number of rotatable bonds is 13. The standard InChI is InChI=1S/C27H43N3O7/c1-8-16-30(25(34)21(17-18(3)4)29-26(35)37-27(5,6)7)23(19-10-12-20(31)13-11-19)24(33)28-15-14-22(32)36-9-2/h10-13,18,21,23,31H,8-9,14-17H2,1-7H3,(H,28,33)(H,29,35). The van der Waals surface area contributed by atoms with Gasteiger partial charge in [0.25, 0.3) is 0 Å². The third-order valence-electron chi connectivity index (χ3n) is 5.15. The summed E-state index contributed by atoms with van der Waals surface area (Å²) in [6.07, 6.45) is 0.158. The summed E-state index contributed by atoms with van der Waals surface area (Å²) in [7, 11) is 0. The monoisotopic (exact) mass is 521 g/mol. The van der Waals surface area contributed by atoms with Crippen molar-refractivity contribution in [2.75, 3.05) is 19.7 Å². The van der Waals surface area contributed by atoms with Gasteiger partial charge in [-0.25, -0.2) is 4.79 Å². The van der Waals surface area contributed by atoms with E-state index in [-0.39, 0.29) is 37.8 Å². The first-order chi connectivity index (χ1) is 17.3. The van der Waals surface area contributed by atoms with Crippen LogP contribution in [-0.2, 0) is 23.9 Å². The summed E-state index contributed by atoms with van der Waals surface area (Å²) < 4.78 is 10.3. The maximum absolute atomic E-state index is 13.9. The highest BCUT2D eigenvalue weighted by Crippen LogP contribution is 2.26. The highest BCUT2D eigenvalue weighted by atomic mass is 16.6. The number of ether oxygens (including phenoxy) is 2. The summed E-state index contributed by atoms with van der Waals surface area (Å²) in [6, 6.07) is 4.04. The molecule has 1 aromatic carbocycles. The predicted molar refractivity (Wildman–Crippen MR) is 140 cm³/mol. The number of carbonyl (C=O) groups excluding carboxylic acids is 4. The molecule has 37 heavy (non-hydrogen) atoms. The van der Waals surface area contributed by atoms with Crippen LogP contribution in [0.2, 0.25) is 0 Å². The smallest absolute Gasteiger partial charge is 0.408 e. The van der Waals surface area contributed by atoms with E-state index >= 15 is 0 Å². The zero-order valence-corrected chi connectivity index (χ0v) is 23.1. The van der Waals surface area contributed by atoms with E-state index in [1.165, 1.54) is 17.0 Å². The molecule has 0 aliphatic heterocycles. The molecule has 3 N–H and O–H groups in total. The molecule has 0 bridgehead atoms. The Balaban J connectivity index is 3.32. The topological polar surface area (TPSA) is 134 Å². The Labute approximate surface area is 220 Å². The largest absolute Gasteiger partial charge is 0.508 e. The van der Waals surface area contributed by atoms with Crippen LogP contribution in [0.25, 0.3) is 0 Å². The van der Waals surface area contributed by atoms with E-state index in [4.69, 9.17) is 9.47 Å². The van der Waals surface area contributed by atoms with Gasteiger partial charge in [-0.1, -0.05) is 32.9 Å². The summed E-state index contributed by atoms with van der Waals surface area (Å²) >= 11 is 0. The molecular weight excluding hydrogens is 478 g/mol. The second-order valence-corrected chi connectivity index (χ2v) is 10.2. The van der Waals surface area contributed by atoms with Crippen molar-refractivity contribution in [3.05, 3.63) is 29.8 Å². The van der Waals surface area contributed by atoms with E-state index < -0.39 is 41.6 Å². The van der Waals surface area contributed by atoms with Crippen molar-refractivity contribution in [2.24, 2.45) is 5.92 Å². The van der Waals surface area contributed by atoms with Gasteiger partial charge in [0.2, 0.25) is 11.8 Å². The molecule has 208 valence electrons. The normalized spacial score (nSPS) is 12.9. The van der Waals surface area contributed by atoms with Gasteiger partial charge < -0.3 is 30.1 Å². The van der Waals surface area contributed by atoms with Gasteiger partial charge in [0.05, 0.1) is 13.0 Å². The SMILES string of the molecule is CCCN(C(=O)C(CC(C)C)NC(=O)OC(C)(C)C)C(C(=O)NCCC(=O)OCC)c1ccc(O)cc1. The van der Waals surface area contributed by atoms with E-state index in [1.54, 1.807) is 39.8 Å². The molecule has 0 saturated heterocycles. The molecule has 2 unspecified atom stereocenters. The van der Waals surface area contributed by atoms with E-state index in [0.717, 1.165) is 0 Å². The molecule has 0 aliphatic rings. The number of phenols is 1. The Morgan fingerprint density at radius 2 is 1.68 bits per heavy atom. The molecule has 0 aliphatic carbocycles. The van der Waals surface area contributed by atoms with Crippen LogP contribution in [0.4, 0.5) is 4.79 Å². The van der Waals surface area contributed by atoms with Gasteiger partial charge in [-0.2, -0.15) is 0 Å². The van der Waals surface area contributed by atoms with Crippen LogP contribution in [0.15, 0.2) is 24.3 Å². The fraction of sp³-hybridized carbons (Fsp3) is 0.630. The fourth-order valence-corrected chi connectivity index (χ4v) is 3.70. The van der Waals surface area contributed by atoms with Crippen LogP contribution in [0.1, 0.15) is 79.3 Å². The molecule has 0 saturated carbocycles. The molecule has 0 aromatic heterocycles. The van der Waals surface area contributed by atoms with Crippen LogP contribution in [0.3, 0.4) is 0 Å². The lowest BCUT2D eigenvalue weighted by Gasteiger charge is -2.34. The molecule has 0 radical (unpaired) electrons. The summed E-state index contributed by atoms with van der Waals surface area (Å²) in [4.78, 5) is 53.0. The Morgan fingerprint density at radius 1 is 1.05 bits per heavy atom. The van der Waals surface area contributed by atoms with Crippen molar-refractivity contribution in [2.45, 2.75) is 85.4 Å². The summed E-state index contributed by atoms with van der Waals surface area (Å²) in [5, 5.41) is 15.2. The van der Waals surface area contributed by atoms with Gasteiger partial charge in [0, 0.05) is 13.1 Å². The van der Waals surface area contributed by atoms with Crippen LogP contribution in [0, 0.1) is 5.92 Å². The van der Waals surface area contributed by atoms with Crippen LogP contribution >= 0.6 is 0 Å². The van der Waals surface area contributed by atoms with Crippen molar-refractivity contribution in [3.63, 3.8) is 0 Å². The van der Waals surface area contributed by atoms with Crippen LogP contribution < -0.4 is 10.6 Å². The molecule has 1 aromatic rings. The molecule has 0 heterocycles. The van der Waals surface area contributed by atoms with Crippen molar-refractivity contribution in [1.82, 2.24) is 15.5 Å². The average Bonchev–Trinajstić information content (AvgIpc) is 2.77. The number of aromatic hydroxyl groups is 1. The number of nitrogens with one attached hydrogen (secondary N) is 2. The first kappa shape index (κ1) is 31.7. The highest BCUT2D eigenvalue weighted by Gasteiger charge is 2.36.